The molecule has 0 saturated carbocycles. The van der Waals surface area contributed by atoms with Crippen LogP contribution in [0.1, 0.15) is 6.92 Å². The number of nitrogens with one attached hydrogen (secondary N) is 1. The first kappa shape index (κ1) is 9.06. The number of rotatable bonds is 4. The fraction of sp³-hybridized carbons (Fsp3) is 0.625. The molecule has 1 aromatic rings. The minimum absolute atomic E-state index is 0.149. The van der Waals surface area contributed by atoms with Gasteiger partial charge >= 0.3 is 0 Å². The molecule has 0 spiro atoms. The minimum atomic E-state index is 0.149. The lowest BCUT2D eigenvalue weighted by atomic mass is 10.4. The van der Waals surface area contributed by atoms with E-state index in [0.29, 0.717) is 6.01 Å². The molecule has 0 bridgehead atoms. The maximum Gasteiger partial charge on any atom is 0.296 e. The van der Waals surface area contributed by atoms with Crippen molar-refractivity contribution in [3.63, 3.8) is 0 Å². The fourth-order valence-electron chi connectivity index (χ4n) is 0.975. The Kier molecular flexibility index (Phi) is 3.10. The summed E-state index contributed by atoms with van der Waals surface area (Å²) in [4.78, 5) is 4.05. The third-order valence-electron chi connectivity index (χ3n) is 1.58. The Bertz CT molecular complexity index is 234. The topological polar surface area (TPSA) is 39.1 Å². The Morgan fingerprint density at radius 3 is 3.00 bits per heavy atom. The summed E-state index contributed by atoms with van der Waals surface area (Å²) in [6.07, 6.45) is 3.74. The lowest BCUT2D eigenvalue weighted by molar-refractivity contribution is 0.196. The van der Waals surface area contributed by atoms with Crippen molar-refractivity contribution in [2.24, 2.45) is 7.05 Å². The van der Waals surface area contributed by atoms with Crippen molar-refractivity contribution in [2.75, 3.05) is 13.6 Å². The molecule has 1 aromatic heterocycles. The van der Waals surface area contributed by atoms with Gasteiger partial charge in [0, 0.05) is 26.0 Å². The lowest BCUT2D eigenvalue weighted by Gasteiger charge is -2.12. The van der Waals surface area contributed by atoms with E-state index in [-0.39, 0.29) is 6.10 Å². The lowest BCUT2D eigenvalue weighted by Crippen LogP contribution is -2.26. The second-order valence-corrected chi connectivity index (χ2v) is 2.81. The zero-order chi connectivity index (χ0) is 8.97. The zero-order valence-corrected chi connectivity index (χ0v) is 7.74. The van der Waals surface area contributed by atoms with E-state index >= 15 is 0 Å². The summed E-state index contributed by atoms with van der Waals surface area (Å²) in [5.41, 5.74) is 0. The first-order chi connectivity index (χ1) is 5.74. The highest BCUT2D eigenvalue weighted by Gasteiger charge is 2.05. The average Bonchev–Trinajstić information content (AvgIpc) is 2.37. The number of likely N-dealkylation sites (N-methyl/N-ethyl adjacent to an activating group) is 1. The van der Waals surface area contributed by atoms with Crippen LogP contribution in [-0.2, 0) is 7.05 Å². The van der Waals surface area contributed by atoms with E-state index in [1.54, 1.807) is 6.20 Å². The Morgan fingerprint density at radius 2 is 2.50 bits per heavy atom. The van der Waals surface area contributed by atoms with Crippen molar-refractivity contribution in [1.29, 1.82) is 0 Å². The first-order valence-corrected chi connectivity index (χ1v) is 4.02. The Balaban J connectivity index is 2.46. The molecule has 0 aromatic carbocycles. The van der Waals surface area contributed by atoms with E-state index in [0.717, 1.165) is 6.54 Å². The van der Waals surface area contributed by atoms with Crippen LogP contribution in [0, 0.1) is 0 Å². The first-order valence-electron chi connectivity index (χ1n) is 4.02. The van der Waals surface area contributed by atoms with Crippen LogP contribution in [0.3, 0.4) is 0 Å². The van der Waals surface area contributed by atoms with Crippen LogP contribution >= 0.6 is 0 Å². The quantitative estimate of drug-likeness (QED) is 0.709. The van der Waals surface area contributed by atoms with Gasteiger partial charge in [0.2, 0.25) is 0 Å². The summed E-state index contributed by atoms with van der Waals surface area (Å²) in [5.74, 6) is 0. The summed E-state index contributed by atoms with van der Waals surface area (Å²) in [6, 6.07) is 0.665. The van der Waals surface area contributed by atoms with Gasteiger partial charge in [0.05, 0.1) is 0 Å². The average molecular weight is 169 g/mol. The molecule has 1 unspecified atom stereocenters. The SMILES string of the molecule is CNCC(C)Oc1nccn1C. The van der Waals surface area contributed by atoms with Gasteiger partial charge in [-0.3, -0.25) is 0 Å². The van der Waals surface area contributed by atoms with Crippen molar-refractivity contribution >= 4 is 0 Å². The number of nitrogens with zero attached hydrogens (tertiary/aromatic N) is 2. The van der Waals surface area contributed by atoms with E-state index in [2.05, 4.69) is 10.3 Å². The standard InChI is InChI=1S/C8H15N3O/c1-7(6-9-2)12-8-10-4-5-11(8)3/h4-5,7,9H,6H2,1-3H3. The Labute approximate surface area is 72.6 Å². The molecule has 1 rings (SSSR count). The van der Waals surface area contributed by atoms with Gasteiger partial charge in [0.15, 0.2) is 0 Å². The van der Waals surface area contributed by atoms with Gasteiger partial charge in [-0.2, -0.15) is 0 Å². The summed E-state index contributed by atoms with van der Waals surface area (Å²) in [6.45, 7) is 2.83. The van der Waals surface area contributed by atoms with E-state index in [1.165, 1.54) is 0 Å². The van der Waals surface area contributed by atoms with Crippen LogP contribution in [0.4, 0.5) is 0 Å². The molecular weight excluding hydrogens is 154 g/mol. The molecule has 68 valence electrons. The smallest absolute Gasteiger partial charge is 0.296 e. The second-order valence-electron chi connectivity index (χ2n) is 2.81. The highest BCUT2D eigenvalue weighted by Crippen LogP contribution is 2.06. The number of hydrogen-bond donors (Lipinski definition) is 1. The number of imidazole rings is 1. The normalized spacial score (nSPS) is 12.9. The van der Waals surface area contributed by atoms with E-state index in [9.17, 15) is 0 Å². The van der Waals surface area contributed by atoms with Gasteiger partial charge in [0.25, 0.3) is 6.01 Å². The van der Waals surface area contributed by atoms with Gasteiger partial charge in [-0.1, -0.05) is 0 Å². The molecule has 4 nitrogen and oxygen atoms in total. The summed E-state index contributed by atoms with van der Waals surface area (Å²) >= 11 is 0. The van der Waals surface area contributed by atoms with Crippen molar-refractivity contribution in [2.45, 2.75) is 13.0 Å². The summed E-state index contributed by atoms with van der Waals surface area (Å²) in [7, 11) is 3.81. The summed E-state index contributed by atoms with van der Waals surface area (Å²) < 4.78 is 7.37. The van der Waals surface area contributed by atoms with Gasteiger partial charge in [-0.05, 0) is 14.0 Å². The van der Waals surface area contributed by atoms with Crippen LogP contribution in [0.15, 0.2) is 12.4 Å². The molecule has 4 heteroatoms. The molecule has 1 N–H and O–H groups in total. The van der Waals surface area contributed by atoms with Gasteiger partial charge in [0.1, 0.15) is 6.10 Å². The largest absolute Gasteiger partial charge is 0.460 e. The third-order valence-corrected chi connectivity index (χ3v) is 1.58. The molecule has 0 amide bonds. The van der Waals surface area contributed by atoms with E-state index in [1.807, 2.05) is 31.8 Å². The number of ether oxygens (including phenoxy) is 1. The maximum atomic E-state index is 5.51. The number of aryl methyl sites for hydroxylation is 1. The van der Waals surface area contributed by atoms with Crippen molar-refractivity contribution in [3.05, 3.63) is 12.4 Å². The summed E-state index contributed by atoms with van der Waals surface area (Å²) in [5, 5.41) is 3.04. The van der Waals surface area contributed by atoms with Crippen LogP contribution in [0.5, 0.6) is 6.01 Å². The predicted molar refractivity (Wildman–Crippen MR) is 47.2 cm³/mol. The van der Waals surface area contributed by atoms with Crippen molar-refractivity contribution < 1.29 is 4.74 Å². The van der Waals surface area contributed by atoms with Crippen LogP contribution in [0.2, 0.25) is 0 Å². The molecule has 12 heavy (non-hydrogen) atoms. The molecule has 0 aliphatic rings. The fourth-order valence-corrected chi connectivity index (χ4v) is 0.975. The van der Waals surface area contributed by atoms with Crippen molar-refractivity contribution in [3.8, 4) is 6.01 Å². The molecular formula is C8H15N3O. The molecule has 0 aliphatic carbocycles. The van der Waals surface area contributed by atoms with E-state index < -0.39 is 0 Å². The minimum Gasteiger partial charge on any atom is -0.460 e. The van der Waals surface area contributed by atoms with Gasteiger partial charge < -0.3 is 14.6 Å². The molecule has 0 radical (unpaired) electrons. The number of aromatic nitrogens is 2. The van der Waals surface area contributed by atoms with Crippen LogP contribution < -0.4 is 10.1 Å². The Morgan fingerprint density at radius 1 is 1.75 bits per heavy atom. The molecule has 0 saturated heterocycles. The van der Waals surface area contributed by atoms with E-state index in [4.69, 9.17) is 4.74 Å². The molecule has 1 atom stereocenters. The van der Waals surface area contributed by atoms with Crippen LogP contribution in [0.25, 0.3) is 0 Å². The third kappa shape index (κ3) is 2.23. The monoisotopic (exact) mass is 169 g/mol. The van der Waals surface area contributed by atoms with Gasteiger partial charge in [-0.15, -0.1) is 0 Å². The highest BCUT2D eigenvalue weighted by molar-refractivity contribution is 4.97. The molecule has 1 heterocycles. The maximum absolute atomic E-state index is 5.51. The van der Waals surface area contributed by atoms with Crippen LogP contribution in [-0.4, -0.2) is 29.2 Å². The highest BCUT2D eigenvalue weighted by atomic mass is 16.5. The predicted octanol–water partition coefficient (Wildman–Crippen LogP) is 0.407. The molecule has 0 fully saturated rings. The van der Waals surface area contributed by atoms with Gasteiger partial charge in [-0.25, -0.2) is 4.98 Å². The Hall–Kier alpha value is -1.03. The molecule has 0 aliphatic heterocycles. The zero-order valence-electron chi connectivity index (χ0n) is 7.74. The number of hydrogen-bond acceptors (Lipinski definition) is 3. The van der Waals surface area contributed by atoms with Crippen molar-refractivity contribution in [1.82, 2.24) is 14.9 Å². The second kappa shape index (κ2) is 4.11.